The van der Waals surface area contributed by atoms with E-state index in [-0.39, 0.29) is 0 Å². The largest absolute Gasteiger partial charge is 0.652 e. The summed E-state index contributed by atoms with van der Waals surface area (Å²) in [5, 5.41) is 0. The van der Waals surface area contributed by atoms with Gasteiger partial charge in [-0.3, -0.25) is 0 Å². The van der Waals surface area contributed by atoms with Crippen molar-refractivity contribution in [2.45, 2.75) is 58.9 Å². The Balaban J connectivity index is 8.01. The standard InChI is InChI=1S/C9H28O31Si32/c1-60(27-58-28-61(10-41)32-70(25-56,35-65(11-42,12-43)13-44)34-64(8,9)33-63(5,6)7)31-72(37-67(17-48,18-49)19-50,38-68(20-51,21-52)22-53)40-71(26-57,36-66(14-45,15-46)16-47)39-69(23-54,24-55)30-59-29-62(2,3)4/h60H,1-9H3. The summed E-state index contributed by atoms with van der Waals surface area (Å²) < 4.78 is 177. The fourth-order valence-corrected chi connectivity index (χ4v) is 54.2. The molecule has 31 nitrogen and oxygen atoms in total. The van der Waals surface area contributed by atoms with Crippen LogP contribution in [0.2, 0.25) is 58.9 Å². The number of rotatable bonds is 45. The van der Waals surface area contributed by atoms with Crippen molar-refractivity contribution in [2.75, 3.05) is 0 Å². The molecule has 3 atom stereocenters. The lowest BCUT2D eigenvalue weighted by Gasteiger charge is -2.44. The summed E-state index contributed by atoms with van der Waals surface area (Å²) in [6, 6.07) is 0. The third kappa shape index (κ3) is 25.9. The molecule has 0 fully saturated rings. The molecule has 3 unspecified atom stereocenters. The Kier molecular flexibility index (Phi) is 38.7. The lowest BCUT2D eigenvalue weighted by atomic mass is 11.8. The molecule has 0 bridgehead atoms. The third-order valence-electron chi connectivity index (χ3n) is 5.88. The minimum absolute atomic E-state index is 0.835. The van der Waals surface area contributed by atoms with Crippen molar-refractivity contribution in [3.05, 3.63) is 0 Å². The molecule has 0 amide bonds. The van der Waals surface area contributed by atoms with Crippen molar-refractivity contribution >= 4 is 315 Å². The second-order valence-corrected chi connectivity index (χ2v) is 60.6. The molecule has 0 spiro atoms. The normalized spacial score (nSPS) is 16.4. The molecule has 0 aromatic rings. The van der Waals surface area contributed by atoms with E-state index in [9.17, 15) is 0 Å². The van der Waals surface area contributed by atoms with Gasteiger partial charge < -0.3 is 128 Å². The van der Waals surface area contributed by atoms with E-state index in [1.807, 2.05) is 39.3 Å². The first-order chi connectivity index (χ1) is 33.4. The molecule has 378 valence electrons. The molecule has 0 aromatic heterocycles. The maximum Gasteiger partial charge on any atom is 0.652 e. The molecule has 0 aliphatic heterocycles. The zero-order valence-corrected chi connectivity index (χ0v) is 69.9. The first-order valence-corrected chi connectivity index (χ1v) is 51.9. The Morgan fingerprint density at radius 2 is 0.653 bits per heavy atom. The predicted molar refractivity (Wildman–Crippen MR) is 272 cm³/mol. The molecular formula is C9H28O31Si32. The average Bonchev–Trinajstić information content (AvgIpc) is 3.34. The van der Waals surface area contributed by atoms with Crippen LogP contribution in [0.4, 0.5) is 0 Å². The maximum atomic E-state index is 6.50. The van der Waals surface area contributed by atoms with Crippen LogP contribution in [-0.4, -0.2) is 315 Å². The fraction of sp³-hybridized carbons (Fsp3) is 1.00. The molecule has 0 aliphatic carbocycles. The van der Waals surface area contributed by atoms with E-state index in [1.165, 1.54) is 6.55 Å². The molecule has 0 rings (SSSR count). The maximum absolute atomic E-state index is 6.50. The first kappa shape index (κ1) is 77.7. The molecule has 56 radical (unpaired) electrons. The van der Waals surface area contributed by atoms with Gasteiger partial charge in [-0.2, -0.15) is 0 Å². The zero-order chi connectivity index (χ0) is 56.0. The average molecular weight is 1530 g/mol. The van der Waals surface area contributed by atoms with Crippen LogP contribution in [0.25, 0.3) is 0 Å². The van der Waals surface area contributed by atoms with E-state index in [0.29, 0.717) is 0 Å². The number of hydrogen-bond acceptors (Lipinski definition) is 31. The Bertz CT molecular complexity index is 1400. The Labute approximate surface area is 496 Å². The molecule has 0 aromatic carbocycles. The lowest BCUT2D eigenvalue weighted by Crippen LogP contribution is -2.75. The second-order valence-electron chi connectivity index (χ2n) is 13.8. The summed E-state index contributed by atoms with van der Waals surface area (Å²) in [7, 11) is -7.30. The van der Waals surface area contributed by atoms with Crippen LogP contribution in [0.1, 0.15) is 0 Å². The van der Waals surface area contributed by atoms with Crippen molar-refractivity contribution in [3.8, 4) is 0 Å². The van der Waals surface area contributed by atoms with Gasteiger partial charge in [0.15, 0.2) is 16.6 Å². The van der Waals surface area contributed by atoms with Crippen LogP contribution in [0.15, 0.2) is 0 Å². The van der Waals surface area contributed by atoms with E-state index in [2.05, 4.69) is 178 Å². The highest BCUT2D eigenvalue weighted by atomic mass is 28.6. The van der Waals surface area contributed by atoms with Crippen molar-refractivity contribution in [2.24, 2.45) is 0 Å². The monoisotopic (exact) mass is 1530 g/mol. The minimum Gasteiger partial charge on any atom is -0.437 e. The SMILES string of the molecule is C[SiH](O[Si]O[Si](O[Si])O[Si](O[Si])(O[Si](C)(C)O[Si](C)(C)C)O[Si](O[Si])(O[Si])O[Si])O[Si](O[Si](O[Si])(O[Si])O[Si])(O[Si](O[Si])(O[Si])O[Si])O[Si](O[Si])(O[Si](O[Si])(O[Si])O[Si])O[Si](O[Si])(O[Si])O[Si]O[Si](C)(C)C. The summed E-state index contributed by atoms with van der Waals surface area (Å²) in [6.45, 7) is 16.2. The third-order valence-corrected chi connectivity index (χ3v) is 52.9. The highest BCUT2D eigenvalue weighted by Crippen LogP contribution is 2.34. The molecule has 0 saturated carbocycles. The highest BCUT2D eigenvalue weighted by molar-refractivity contribution is 6.90. The molecule has 0 heterocycles. The van der Waals surface area contributed by atoms with Gasteiger partial charge in [0.05, 0.1) is 0 Å². The van der Waals surface area contributed by atoms with Gasteiger partial charge in [0, 0.05) is 0 Å². The van der Waals surface area contributed by atoms with Gasteiger partial charge in [0.2, 0.25) is 178 Å². The van der Waals surface area contributed by atoms with Crippen molar-refractivity contribution in [1.29, 1.82) is 0 Å². The first-order valence-electron chi connectivity index (χ1n) is 17.3. The van der Waals surface area contributed by atoms with Crippen molar-refractivity contribution < 1.29 is 128 Å². The zero-order valence-electron chi connectivity index (χ0n) is 37.7. The van der Waals surface area contributed by atoms with Crippen molar-refractivity contribution in [3.63, 3.8) is 0 Å². The van der Waals surface area contributed by atoms with Gasteiger partial charge >= 0.3 is 120 Å². The minimum atomic E-state index is -5.79. The van der Waals surface area contributed by atoms with Crippen LogP contribution >= 0.6 is 0 Å². The summed E-state index contributed by atoms with van der Waals surface area (Å²) >= 11 is 0. The molecule has 0 aliphatic rings. The van der Waals surface area contributed by atoms with Crippen LogP contribution < -0.4 is 0 Å². The van der Waals surface area contributed by atoms with Gasteiger partial charge in [0.1, 0.15) is 0 Å². The van der Waals surface area contributed by atoms with E-state index in [4.69, 9.17) is 128 Å². The van der Waals surface area contributed by atoms with Crippen LogP contribution in [0.5, 0.6) is 0 Å². The summed E-state index contributed by atoms with van der Waals surface area (Å²) in [5.74, 6) is 0. The predicted octanol–water partition coefficient (Wildman–Crippen LogP) is -9.32. The second kappa shape index (κ2) is 35.9. The Morgan fingerprint density at radius 3 is 0.972 bits per heavy atom. The van der Waals surface area contributed by atoms with Crippen LogP contribution in [-0.2, 0) is 128 Å². The summed E-state index contributed by atoms with van der Waals surface area (Å²) in [4.78, 5) is 0. The smallest absolute Gasteiger partial charge is 0.437 e. The number of hydrogen-bond donors (Lipinski definition) is 0. The quantitative estimate of drug-likeness (QED) is 0.0512. The summed E-state index contributed by atoms with van der Waals surface area (Å²) in [6.07, 6.45) is 0. The van der Waals surface area contributed by atoms with E-state index >= 15 is 0 Å². The van der Waals surface area contributed by atoms with E-state index in [1.54, 1.807) is 13.1 Å². The molecule has 0 N–H and O–H groups in total. The van der Waals surface area contributed by atoms with Gasteiger partial charge in [0.25, 0.3) is 0 Å². The van der Waals surface area contributed by atoms with Crippen LogP contribution in [0, 0.1) is 0 Å². The van der Waals surface area contributed by atoms with Crippen LogP contribution in [0.3, 0.4) is 0 Å². The molecule has 0 saturated heterocycles. The van der Waals surface area contributed by atoms with Gasteiger partial charge in [-0.05, 0) is 58.9 Å². The van der Waals surface area contributed by atoms with Crippen molar-refractivity contribution in [1.82, 2.24) is 0 Å². The topological polar surface area (TPSA) is 286 Å². The lowest BCUT2D eigenvalue weighted by molar-refractivity contribution is -0.00935. The Morgan fingerprint density at radius 1 is 0.333 bits per heavy atom. The van der Waals surface area contributed by atoms with E-state index < -0.39 is 136 Å². The van der Waals surface area contributed by atoms with Gasteiger partial charge in [-0.1, -0.05) is 0 Å². The summed E-state index contributed by atoms with van der Waals surface area (Å²) in [5.41, 5.74) is 0. The molecule has 72 heavy (non-hydrogen) atoms. The highest BCUT2D eigenvalue weighted by Gasteiger charge is 2.73. The van der Waals surface area contributed by atoms with Gasteiger partial charge in [-0.15, -0.1) is 0 Å². The molecular weight excluding hydrogens is 1500 g/mol. The van der Waals surface area contributed by atoms with E-state index in [0.717, 1.165) is 0 Å². The fourth-order valence-electron chi connectivity index (χ4n) is 3.70. The Hall–Kier alpha value is 5.70. The van der Waals surface area contributed by atoms with Gasteiger partial charge in [-0.25, -0.2) is 0 Å². The molecule has 63 heteroatoms.